The number of fused-ring (bicyclic) bond motifs is 1. The highest BCUT2D eigenvalue weighted by Crippen LogP contribution is 2.23. The maximum Gasteiger partial charge on any atom is 0.201 e. The molecule has 0 aliphatic heterocycles. The van der Waals surface area contributed by atoms with Crippen LogP contribution in [0.5, 0.6) is 0 Å². The molecule has 110 valence electrons. The number of hydrogen-bond acceptors (Lipinski definition) is 3. The van der Waals surface area contributed by atoms with Crippen LogP contribution in [0.4, 0.5) is 14.7 Å². The average Bonchev–Trinajstić information content (AvgIpc) is 3.07. The molecule has 0 saturated carbocycles. The van der Waals surface area contributed by atoms with E-state index in [4.69, 9.17) is 5.73 Å². The monoisotopic (exact) mass is 291 g/mol. The Labute approximate surface area is 120 Å². The molecule has 3 aromatic rings. The normalized spacial score (nSPS) is 11.3. The molecule has 0 amide bonds. The van der Waals surface area contributed by atoms with Gasteiger partial charge in [0.25, 0.3) is 0 Å². The van der Waals surface area contributed by atoms with Crippen LogP contribution in [-0.4, -0.2) is 19.1 Å². The number of nitrogens with zero attached hydrogens (tertiary/aromatic N) is 4. The summed E-state index contributed by atoms with van der Waals surface area (Å²) in [6.07, 6.45) is 7.02. The van der Waals surface area contributed by atoms with Gasteiger partial charge in [0.15, 0.2) is 11.6 Å². The minimum absolute atomic E-state index is 0.134. The first-order chi connectivity index (χ1) is 10.2. The summed E-state index contributed by atoms with van der Waals surface area (Å²) in [5, 5.41) is 0. The molecule has 1 aromatic carbocycles. The first-order valence-electron chi connectivity index (χ1n) is 6.72. The zero-order valence-electron chi connectivity index (χ0n) is 11.3. The lowest BCUT2D eigenvalue weighted by molar-refractivity contribution is 0.507. The highest BCUT2D eigenvalue weighted by atomic mass is 19.2. The van der Waals surface area contributed by atoms with E-state index >= 15 is 0 Å². The van der Waals surface area contributed by atoms with Crippen LogP contribution in [-0.2, 0) is 13.1 Å². The first-order valence-corrected chi connectivity index (χ1v) is 6.72. The number of hydrogen-bond donors (Lipinski definition) is 1. The fourth-order valence-corrected chi connectivity index (χ4v) is 2.38. The lowest BCUT2D eigenvalue weighted by Crippen LogP contribution is -2.06. The number of halogens is 2. The van der Waals surface area contributed by atoms with Gasteiger partial charge in [-0.2, -0.15) is 0 Å². The van der Waals surface area contributed by atoms with Crippen LogP contribution >= 0.6 is 0 Å². The maximum absolute atomic E-state index is 13.9. The molecule has 0 aliphatic rings. The van der Waals surface area contributed by atoms with Gasteiger partial charge < -0.3 is 14.9 Å². The third-order valence-corrected chi connectivity index (χ3v) is 3.44. The number of rotatable bonds is 5. The number of nitrogens with two attached hydrogens (primary N) is 1. The molecule has 21 heavy (non-hydrogen) atoms. The molecule has 0 fully saturated rings. The molecule has 7 heteroatoms. The number of benzene rings is 1. The highest BCUT2D eigenvalue weighted by Gasteiger charge is 2.15. The summed E-state index contributed by atoms with van der Waals surface area (Å²) in [5.41, 5.74) is 6.31. The Morgan fingerprint density at radius 3 is 2.71 bits per heavy atom. The van der Waals surface area contributed by atoms with Crippen molar-refractivity contribution in [3.63, 3.8) is 0 Å². The molecule has 0 spiro atoms. The van der Waals surface area contributed by atoms with E-state index in [0.717, 1.165) is 25.5 Å². The van der Waals surface area contributed by atoms with Gasteiger partial charge in [0.2, 0.25) is 5.95 Å². The Hall–Kier alpha value is -2.44. The predicted molar refractivity (Wildman–Crippen MR) is 75.5 cm³/mol. The summed E-state index contributed by atoms with van der Waals surface area (Å²) in [4.78, 5) is 8.03. The van der Waals surface area contributed by atoms with E-state index in [0.29, 0.717) is 12.1 Å². The van der Waals surface area contributed by atoms with Crippen LogP contribution in [0.1, 0.15) is 12.8 Å². The average molecular weight is 291 g/mol. The maximum atomic E-state index is 13.9. The van der Waals surface area contributed by atoms with Gasteiger partial charge in [-0.05, 0) is 25.0 Å². The molecule has 0 saturated heterocycles. The van der Waals surface area contributed by atoms with Crippen molar-refractivity contribution in [3.8, 4) is 0 Å². The molecule has 0 aliphatic carbocycles. The van der Waals surface area contributed by atoms with E-state index < -0.39 is 11.6 Å². The van der Waals surface area contributed by atoms with Gasteiger partial charge in [-0.1, -0.05) is 0 Å². The fourth-order valence-electron chi connectivity index (χ4n) is 2.38. The van der Waals surface area contributed by atoms with Gasteiger partial charge in [0.1, 0.15) is 5.52 Å². The molecule has 0 atom stereocenters. The van der Waals surface area contributed by atoms with Crippen LogP contribution in [0.15, 0.2) is 30.9 Å². The minimum Gasteiger partial charge on any atom is -0.369 e. The van der Waals surface area contributed by atoms with Crippen molar-refractivity contribution in [3.05, 3.63) is 42.5 Å². The van der Waals surface area contributed by atoms with E-state index in [1.54, 1.807) is 12.5 Å². The SMILES string of the molecule is Nc1nc2ccc(F)c(F)c2n1CCCCn1ccnc1. The van der Waals surface area contributed by atoms with Crippen molar-refractivity contribution >= 4 is 17.0 Å². The van der Waals surface area contributed by atoms with E-state index in [2.05, 4.69) is 9.97 Å². The Morgan fingerprint density at radius 2 is 1.95 bits per heavy atom. The second kappa shape index (κ2) is 5.51. The second-order valence-electron chi connectivity index (χ2n) is 4.86. The summed E-state index contributed by atoms with van der Waals surface area (Å²) in [7, 11) is 0. The summed E-state index contributed by atoms with van der Waals surface area (Å²) in [6, 6.07) is 2.50. The second-order valence-corrected chi connectivity index (χ2v) is 4.86. The zero-order chi connectivity index (χ0) is 14.8. The largest absolute Gasteiger partial charge is 0.369 e. The van der Waals surface area contributed by atoms with Crippen molar-refractivity contribution in [2.24, 2.45) is 0 Å². The Morgan fingerprint density at radius 1 is 1.14 bits per heavy atom. The van der Waals surface area contributed by atoms with E-state index in [9.17, 15) is 8.78 Å². The van der Waals surface area contributed by atoms with Crippen molar-refractivity contribution in [2.45, 2.75) is 25.9 Å². The molecule has 0 radical (unpaired) electrons. The van der Waals surface area contributed by atoms with Gasteiger partial charge in [0.05, 0.1) is 11.8 Å². The van der Waals surface area contributed by atoms with Crippen LogP contribution in [0.3, 0.4) is 0 Å². The minimum atomic E-state index is -0.897. The Bertz CT molecular complexity index is 748. The molecular formula is C14H15F2N5. The van der Waals surface area contributed by atoms with Crippen LogP contribution in [0.2, 0.25) is 0 Å². The lowest BCUT2D eigenvalue weighted by Gasteiger charge is -2.07. The summed E-state index contributed by atoms with van der Waals surface area (Å²) >= 11 is 0. The molecule has 0 bridgehead atoms. The topological polar surface area (TPSA) is 61.7 Å². The van der Waals surface area contributed by atoms with Crippen LogP contribution in [0, 0.1) is 11.6 Å². The van der Waals surface area contributed by atoms with E-state index in [1.807, 2.05) is 10.8 Å². The quantitative estimate of drug-likeness (QED) is 0.735. The van der Waals surface area contributed by atoms with E-state index in [-0.39, 0.29) is 11.5 Å². The number of aromatic nitrogens is 4. The van der Waals surface area contributed by atoms with Gasteiger partial charge in [0, 0.05) is 25.5 Å². The number of aryl methyl sites for hydroxylation is 2. The fraction of sp³-hybridized carbons (Fsp3) is 0.286. The molecular weight excluding hydrogens is 276 g/mol. The van der Waals surface area contributed by atoms with Gasteiger partial charge in [-0.3, -0.25) is 0 Å². The lowest BCUT2D eigenvalue weighted by atomic mass is 10.2. The van der Waals surface area contributed by atoms with Gasteiger partial charge in [-0.15, -0.1) is 0 Å². The molecule has 5 nitrogen and oxygen atoms in total. The third-order valence-electron chi connectivity index (χ3n) is 3.44. The number of nitrogen functional groups attached to an aromatic ring is 1. The molecule has 2 heterocycles. The standard InChI is InChI=1S/C14H15F2N5/c15-10-3-4-11-13(12(10)16)21(14(17)19-11)7-2-1-6-20-8-5-18-9-20/h3-5,8-9H,1-2,6-7H2,(H2,17,19). The predicted octanol–water partition coefficient (Wildman–Crippen LogP) is 2.57. The Kier molecular flexibility index (Phi) is 3.55. The highest BCUT2D eigenvalue weighted by molar-refractivity contribution is 5.79. The third kappa shape index (κ3) is 2.58. The zero-order valence-corrected chi connectivity index (χ0v) is 11.3. The number of anilines is 1. The van der Waals surface area contributed by atoms with Crippen molar-refractivity contribution < 1.29 is 8.78 Å². The first kappa shape index (κ1) is 13.5. The summed E-state index contributed by atoms with van der Waals surface area (Å²) < 4.78 is 30.7. The smallest absolute Gasteiger partial charge is 0.201 e. The Balaban J connectivity index is 1.74. The van der Waals surface area contributed by atoms with Crippen molar-refractivity contribution in [2.75, 3.05) is 5.73 Å². The summed E-state index contributed by atoms with van der Waals surface area (Å²) in [6.45, 7) is 1.32. The molecule has 0 unspecified atom stereocenters. The summed E-state index contributed by atoms with van der Waals surface area (Å²) in [5.74, 6) is -1.58. The van der Waals surface area contributed by atoms with Crippen LogP contribution in [0.25, 0.3) is 11.0 Å². The molecule has 3 rings (SSSR count). The van der Waals surface area contributed by atoms with Gasteiger partial charge in [-0.25, -0.2) is 18.7 Å². The van der Waals surface area contributed by atoms with Crippen molar-refractivity contribution in [1.82, 2.24) is 19.1 Å². The number of unbranched alkanes of at least 4 members (excludes halogenated alkanes) is 1. The molecule has 2 aromatic heterocycles. The molecule has 2 N–H and O–H groups in total. The van der Waals surface area contributed by atoms with Gasteiger partial charge >= 0.3 is 0 Å². The van der Waals surface area contributed by atoms with Crippen LogP contribution < -0.4 is 5.73 Å². The van der Waals surface area contributed by atoms with Crippen molar-refractivity contribution in [1.29, 1.82) is 0 Å². The van der Waals surface area contributed by atoms with E-state index in [1.165, 1.54) is 10.6 Å². The number of imidazole rings is 2.